The Balaban J connectivity index is 2.21. The molecule has 2 atom stereocenters. The molecule has 0 saturated heterocycles. The molecule has 86 valence electrons. The predicted octanol–water partition coefficient (Wildman–Crippen LogP) is 2.27. The maximum Gasteiger partial charge on any atom is 0.320 e. The van der Waals surface area contributed by atoms with Crippen molar-refractivity contribution in [2.45, 2.75) is 16.1 Å². The summed E-state index contributed by atoms with van der Waals surface area (Å²) >= 11 is 7.21. The zero-order valence-electron chi connectivity index (χ0n) is 8.39. The van der Waals surface area contributed by atoms with E-state index in [1.54, 1.807) is 18.2 Å². The van der Waals surface area contributed by atoms with E-state index >= 15 is 0 Å². The molecule has 1 aliphatic rings. The van der Waals surface area contributed by atoms with Gasteiger partial charge in [0, 0.05) is 17.4 Å². The molecule has 1 aromatic rings. The highest BCUT2D eigenvalue weighted by Crippen LogP contribution is 2.57. The third-order valence-corrected chi connectivity index (χ3v) is 4.82. The molecule has 0 radical (unpaired) electrons. The van der Waals surface area contributed by atoms with Crippen molar-refractivity contribution in [1.82, 2.24) is 0 Å². The number of benzene rings is 1. The lowest BCUT2D eigenvalue weighted by Gasteiger charge is -2.12. The summed E-state index contributed by atoms with van der Waals surface area (Å²) in [4.78, 5) is 11.9. The van der Waals surface area contributed by atoms with Gasteiger partial charge in [-0.25, -0.2) is 0 Å². The Hall–Kier alpha value is -0.710. The van der Waals surface area contributed by atoms with Crippen LogP contribution < -0.4 is 0 Å². The number of aliphatic hydroxyl groups is 1. The minimum Gasteiger partial charge on any atom is -0.480 e. The number of thioether (sulfide) groups is 1. The van der Waals surface area contributed by atoms with Crippen LogP contribution in [0.5, 0.6) is 0 Å². The Morgan fingerprint density at radius 3 is 2.75 bits per heavy atom. The van der Waals surface area contributed by atoms with Gasteiger partial charge in [0.1, 0.15) is 4.75 Å². The molecule has 0 spiro atoms. The van der Waals surface area contributed by atoms with E-state index in [-0.39, 0.29) is 12.5 Å². The fourth-order valence-corrected chi connectivity index (χ4v) is 3.24. The van der Waals surface area contributed by atoms with Gasteiger partial charge in [0.05, 0.1) is 5.02 Å². The third-order valence-electron chi connectivity index (χ3n) is 2.76. The maximum atomic E-state index is 11.2. The van der Waals surface area contributed by atoms with Crippen molar-refractivity contribution in [1.29, 1.82) is 0 Å². The Morgan fingerprint density at radius 1 is 1.56 bits per heavy atom. The summed E-state index contributed by atoms with van der Waals surface area (Å²) < 4.78 is -0.889. The van der Waals surface area contributed by atoms with Crippen molar-refractivity contribution in [2.24, 2.45) is 5.92 Å². The van der Waals surface area contributed by atoms with E-state index in [4.69, 9.17) is 16.7 Å². The Kier molecular flexibility index (Phi) is 3.15. The second kappa shape index (κ2) is 4.28. The van der Waals surface area contributed by atoms with Crippen LogP contribution in [0, 0.1) is 5.92 Å². The maximum absolute atomic E-state index is 11.2. The molecule has 2 rings (SSSR count). The van der Waals surface area contributed by atoms with Crippen LogP contribution in [0.4, 0.5) is 0 Å². The molecule has 2 unspecified atom stereocenters. The van der Waals surface area contributed by atoms with Gasteiger partial charge < -0.3 is 10.2 Å². The van der Waals surface area contributed by atoms with E-state index in [0.717, 1.165) is 4.90 Å². The molecule has 5 heteroatoms. The van der Waals surface area contributed by atoms with Gasteiger partial charge >= 0.3 is 5.97 Å². The average Bonchev–Trinajstić information content (AvgIpc) is 2.97. The number of aliphatic hydroxyl groups excluding tert-OH is 1. The molecule has 1 aliphatic carbocycles. The summed E-state index contributed by atoms with van der Waals surface area (Å²) in [6, 6.07) is 7.15. The van der Waals surface area contributed by atoms with E-state index in [1.165, 1.54) is 11.8 Å². The van der Waals surface area contributed by atoms with E-state index < -0.39 is 10.7 Å². The number of halogens is 1. The van der Waals surface area contributed by atoms with Crippen LogP contribution in [-0.2, 0) is 4.79 Å². The molecule has 2 N–H and O–H groups in total. The molecule has 1 fully saturated rings. The highest BCUT2D eigenvalue weighted by molar-refractivity contribution is 8.01. The van der Waals surface area contributed by atoms with Gasteiger partial charge in [-0.1, -0.05) is 23.7 Å². The largest absolute Gasteiger partial charge is 0.480 e. The van der Waals surface area contributed by atoms with Crippen LogP contribution in [-0.4, -0.2) is 27.5 Å². The minimum absolute atomic E-state index is 0.0935. The molecule has 1 aromatic carbocycles. The first kappa shape index (κ1) is 11.8. The molecular weight excluding hydrogens is 248 g/mol. The van der Waals surface area contributed by atoms with Gasteiger partial charge in [0.15, 0.2) is 0 Å². The Morgan fingerprint density at radius 2 is 2.25 bits per heavy atom. The lowest BCUT2D eigenvalue weighted by atomic mass is 10.3. The van der Waals surface area contributed by atoms with Gasteiger partial charge in [-0.15, -0.1) is 11.8 Å². The lowest BCUT2D eigenvalue weighted by molar-refractivity contribution is -0.137. The molecule has 0 aliphatic heterocycles. The topological polar surface area (TPSA) is 57.5 Å². The number of carboxylic acid groups (broad SMARTS) is 1. The first-order chi connectivity index (χ1) is 7.60. The van der Waals surface area contributed by atoms with E-state index in [9.17, 15) is 9.90 Å². The summed E-state index contributed by atoms with van der Waals surface area (Å²) in [6.45, 7) is -0.0935. The van der Waals surface area contributed by atoms with Crippen molar-refractivity contribution >= 4 is 29.3 Å². The monoisotopic (exact) mass is 258 g/mol. The minimum atomic E-state index is -0.889. The molecule has 16 heavy (non-hydrogen) atoms. The normalized spacial score (nSPS) is 27.8. The standard InChI is InChI=1S/C11H11ClO3S/c12-8-3-1-2-4-9(8)16-11(10(14)15)5-7(11)6-13/h1-4,7,13H,5-6H2,(H,14,15). The van der Waals surface area contributed by atoms with Gasteiger partial charge in [-0.05, 0) is 18.6 Å². The fourth-order valence-electron chi connectivity index (χ4n) is 1.67. The quantitative estimate of drug-likeness (QED) is 0.870. The second-order valence-electron chi connectivity index (χ2n) is 3.81. The van der Waals surface area contributed by atoms with Gasteiger partial charge in [0.2, 0.25) is 0 Å². The van der Waals surface area contributed by atoms with Crippen LogP contribution in [0.15, 0.2) is 29.2 Å². The number of rotatable bonds is 4. The number of aliphatic carboxylic acids is 1. The first-order valence-corrected chi connectivity index (χ1v) is 6.07. The van der Waals surface area contributed by atoms with E-state index in [1.807, 2.05) is 6.07 Å². The van der Waals surface area contributed by atoms with Crippen LogP contribution in [0.3, 0.4) is 0 Å². The van der Waals surface area contributed by atoms with Gasteiger partial charge in [-0.2, -0.15) is 0 Å². The number of carboxylic acids is 1. The average molecular weight is 259 g/mol. The van der Waals surface area contributed by atoms with E-state index in [0.29, 0.717) is 11.4 Å². The van der Waals surface area contributed by atoms with Crippen molar-refractivity contribution in [2.75, 3.05) is 6.61 Å². The lowest BCUT2D eigenvalue weighted by Crippen LogP contribution is -2.21. The zero-order chi connectivity index (χ0) is 11.8. The molecule has 0 amide bonds. The third kappa shape index (κ3) is 1.93. The van der Waals surface area contributed by atoms with Crippen LogP contribution in [0.1, 0.15) is 6.42 Å². The van der Waals surface area contributed by atoms with Crippen molar-refractivity contribution in [3.8, 4) is 0 Å². The summed E-state index contributed by atoms with van der Waals surface area (Å²) in [5, 5.41) is 18.8. The summed E-state index contributed by atoms with van der Waals surface area (Å²) in [7, 11) is 0. The first-order valence-electron chi connectivity index (χ1n) is 4.88. The molecule has 0 bridgehead atoms. The number of carbonyl (C=O) groups is 1. The van der Waals surface area contributed by atoms with Crippen LogP contribution in [0.2, 0.25) is 5.02 Å². The second-order valence-corrected chi connectivity index (χ2v) is 5.59. The highest BCUT2D eigenvalue weighted by atomic mass is 35.5. The van der Waals surface area contributed by atoms with Crippen molar-refractivity contribution in [3.05, 3.63) is 29.3 Å². The molecule has 0 aromatic heterocycles. The van der Waals surface area contributed by atoms with E-state index in [2.05, 4.69) is 0 Å². The van der Waals surface area contributed by atoms with Gasteiger partial charge in [0.25, 0.3) is 0 Å². The number of hydrogen-bond acceptors (Lipinski definition) is 3. The Bertz CT molecular complexity index is 423. The van der Waals surface area contributed by atoms with Gasteiger partial charge in [-0.3, -0.25) is 4.79 Å². The summed E-state index contributed by atoms with van der Waals surface area (Å²) in [5.41, 5.74) is 0. The SMILES string of the molecule is O=C(O)C1(Sc2ccccc2Cl)CC1CO. The smallest absolute Gasteiger partial charge is 0.320 e. The fraction of sp³-hybridized carbons (Fsp3) is 0.364. The summed E-state index contributed by atoms with van der Waals surface area (Å²) in [5.74, 6) is -1.05. The summed E-state index contributed by atoms with van der Waals surface area (Å²) in [6.07, 6.45) is 0.495. The molecule has 0 heterocycles. The molecule has 1 saturated carbocycles. The highest BCUT2D eigenvalue weighted by Gasteiger charge is 2.61. The molecular formula is C11H11ClO3S. The van der Waals surface area contributed by atoms with Crippen molar-refractivity contribution in [3.63, 3.8) is 0 Å². The van der Waals surface area contributed by atoms with Crippen LogP contribution >= 0.6 is 23.4 Å². The van der Waals surface area contributed by atoms with Crippen LogP contribution in [0.25, 0.3) is 0 Å². The number of hydrogen-bond donors (Lipinski definition) is 2. The zero-order valence-corrected chi connectivity index (χ0v) is 9.96. The molecule has 3 nitrogen and oxygen atoms in total. The Labute approximate surface area is 102 Å². The predicted molar refractivity (Wildman–Crippen MR) is 62.9 cm³/mol. The van der Waals surface area contributed by atoms with Crippen molar-refractivity contribution < 1.29 is 15.0 Å².